The molecule has 1 aliphatic heterocycles. The average Bonchev–Trinajstić information content (AvgIpc) is 2.72. The van der Waals surface area contributed by atoms with Gasteiger partial charge in [0.2, 0.25) is 0 Å². The number of piperidine rings is 1. The molecule has 0 spiro atoms. The summed E-state index contributed by atoms with van der Waals surface area (Å²) >= 11 is 0. The maximum absolute atomic E-state index is 12.8. The molecule has 5 heteroatoms. The van der Waals surface area contributed by atoms with Crippen molar-refractivity contribution >= 4 is 11.6 Å². The van der Waals surface area contributed by atoms with Gasteiger partial charge in [-0.3, -0.25) is 9.69 Å². The smallest absolute Gasteiger partial charge is 0.256 e. The van der Waals surface area contributed by atoms with Crippen LogP contribution in [0, 0.1) is 5.92 Å². The highest BCUT2D eigenvalue weighted by Crippen LogP contribution is 2.23. The van der Waals surface area contributed by atoms with Gasteiger partial charge in [-0.1, -0.05) is 33.6 Å². The first-order valence-electron chi connectivity index (χ1n) is 11.4. The molecular formula is C24H40N2O3. The fourth-order valence-corrected chi connectivity index (χ4v) is 3.77. The number of hydrogen-bond acceptors (Lipinski definition) is 4. The summed E-state index contributed by atoms with van der Waals surface area (Å²) in [5, 5.41) is 3.01. The molecule has 1 aromatic carbocycles. The third-order valence-electron chi connectivity index (χ3n) is 5.64. The molecule has 2 rings (SSSR count). The van der Waals surface area contributed by atoms with Gasteiger partial charge in [0.15, 0.2) is 0 Å². The largest absolute Gasteiger partial charge is 0.492 e. The molecule has 1 fully saturated rings. The molecule has 0 radical (unpaired) electrons. The molecular weight excluding hydrogens is 364 g/mol. The van der Waals surface area contributed by atoms with Crippen LogP contribution in [-0.4, -0.2) is 49.3 Å². The number of nitrogens with one attached hydrogen (secondary N) is 1. The number of hydrogen-bond donors (Lipinski definition) is 1. The van der Waals surface area contributed by atoms with Crippen molar-refractivity contribution in [3.63, 3.8) is 0 Å². The van der Waals surface area contributed by atoms with Crippen molar-refractivity contribution in [1.29, 1.82) is 0 Å². The van der Waals surface area contributed by atoms with E-state index in [4.69, 9.17) is 9.47 Å². The van der Waals surface area contributed by atoms with Gasteiger partial charge in [0.1, 0.15) is 18.0 Å². The monoisotopic (exact) mass is 404 g/mol. The molecule has 1 N–H and O–H groups in total. The molecule has 2 atom stereocenters. The van der Waals surface area contributed by atoms with E-state index in [1.165, 1.54) is 25.9 Å². The first kappa shape index (κ1) is 23.7. The van der Waals surface area contributed by atoms with Gasteiger partial charge in [-0.05, 0) is 69.3 Å². The van der Waals surface area contributed by atoms with Crippen LogP contribution in [0.2, 0.25) is 0 Å². The fourth-order valence-electron chi connectivity index (χ4n) is 3.77. The third kappa shape index (κ3) is 7.98. The second kappa shape index (κ2) is 12.2. The van der Waals surface area contributed by atoms with Gasteiger partial charge >= 0.3 is 0 Å². The SMILES string of the molecule is CCCC[C@@](C)(OCCC)C(=O)Nc1ccc(OCCN2CCC[C@@H](C)C2)cc1. The number of rotatable bonds is 12. The second-order valence-electron chi connectivity index (χ2n) is 8.56. The van der Waals surface area contributed by atoms with Gasteiger partial charge < -0.3 is 14.8 Å². The van der Waals surface area contributed by atoms with E-state index in [-0.39, 0.29) is 5.91 Å². The van der Waals surface area contributed by atoms with E-state index < -0.39 is 5.60 Å². The number of likely N-dealkylation sites (tertiary alicyclic amines) is 1. The number of ether oxygens (including phenoxy) is 2. The Bertz CT molecular complexity index is 595. The average molecular weight is 405 g/mol. The zero-order valence-electron chi connectivity index (χ0n) is 18.8. The number of nitrogens with zero attached hydrogens (tertiary/aromatic N) is 1. The van der Waals surface area contributed by atoms with Gasteiger partial charge in [0.25, 0.3) is 5.91 Å². The Balaban J connectivity index is 1.82. The summed E-state index contributed by atoms with van der Waals surface area (Å²) in [7, 11) is 0. The van der Waals surface area contributed by atoms with Crippen LogP contribution in [0.15, 0.2) is 24.3 Å². The zero-order valence-corrected chi connectivity index (χ0v) is 18.8. The Kier molecular flexibility index (Phi) is 9.95. The molecule has 0 aromatic heterocycles. The minimum atomic E-state index is -0.785. The van der Waals surface area contributed by atoms with Crippen LogP contribution in [0.5, 0.6) is 5.75 Å². The minimum absolute atomic E-state index is 0.0766. The molecule has 5 nitrogen and oxygen atoms in total. The Morgan fingerprint density at radius 2 is 1.97 bits per heavy atom. The predicted molar refractivity (Wildman–Crippen MR) is 120 cm³/mol. The lowest BCUT2D eigenvalue weighted by molar-refractivity contribution is -0.140. The number of amides is 1. The van der Waals surface area contributed by atoms with Crippen LogP contribution in [0.1, 0.15) is 66.2 Å². The topological polar surface area (TPSA) is 50.8 Å². The maximum atomic E-state index is 12.8. The van der Waals surface area contributed by atoms with E-state index in [1.807, 2.05) is 31.2 Å². The Labute approximate surface area is 177 Å². The molecule has 1 amide bonds. The molecule has 1 saturated heterocycles. The third-order valence-corrected chi connectivity index (χ3v) is 5.64. The van der Waals surface area contributed by atoms with Crippen LogP contribution in [0.4, 0.5) is 5.69 Å². The van der Waals surface area contributed by atoms with E-state index in [0.29, 0.717) is 13.2 Å². The molecule has 0 bridgehead atoms. The van der Waals surface area contributed by atoms with Crippen molar-refractivity contribution in [3.05, 3.63) is 24.3 Å². The number of carbonyl (C=O) groups is 1. The number of benzene rings is 1. The molecule has 0 saturated carbocycles. The van der Waals surface area contributed by atoms with Crippen molar-refractivity contribution in [2.24, 2.45) is 5.92 Å². The Morgan fingerprint density at radius 3 is 2.62 bits per heavy atom. The number of unbranched alkanes of at least 4 members (excludes halogenated alkanes) is 1. The van der Waals surface area contributed by atoms with Crippen molar-refractivity contribution in [2.45, 2.75) is 71.8 Å². The van der Waals surface area contributed by atoms with Crippen LogP contribution in [-0.2, 0) is 9.53 Å². The van der Waals surface area contributed by atoms with E-state index in [0.717, 1.165) is 49.6 Å². The summed E-state index contributed by atoms with van der Waals surface area (Å²) in [6, 6.07) is 7.64. The quantitative estimate of drug-likeness (QED) is 0.526. The summed E-state index contributed by atoms with van der Waals surface area (Å²) in [5.41, 5.74) is -0.0118. The van der Waals surface area contributed by atoms with E-state index in [9.17, 15) is 4.79 Å². The number of carbonyl (C=O) groups excluding carboxylic acids is 1. The number of anilines is 1. The lowest BCUT2D eigenvalue weighted by Gasteiger charge is -2.30. The standard InChI is InChI=1S/C24H40N2O3/c1-5-7-14-24(4,29-17-6-2)23(27)25-21-10-12-22(13-11-21)28-18-16-26-15-8-9-20(3)19-26/h10-13,20H,5-9,14-19H2,1-4H3,(H,25,27)/t20-,24-/m1/s1. The van der Waals surface area contributed by atoms with Crippen LogP contribution >= 0.6 is 0 Å². The van der Waals surface area contributed by atoms with E-state index in [1.54, 1.807) is 0 Å². The second-order valence-corrected chi connectivity index (χ2v) is 8.56. The summed E-state index contributed by atoms with van der Waals surface area (Å²) in [5.74, 6) is 1.55. The fraction of sp³-hybridized carbons (Fsp3) is 0.708. The highest BCUT2D eigenvalue weighted by molar-refractivity contribution is 5.97. The summed E-state index contributed by atoms with van der Waals surface area (Å²) in [4.78, 5) is 15.3. The lowest BCUT2D eigenvalue weighted by Crippen LogP contribution is -2.43. The van der Waals surface area contributed by atoms with Crippen LogP contribution in [0.3, 0.4) is 0 Å². The van der Waals surface area contributed by atoms with Crippen molar-refractivity contribution < 1.29 is 14.3 Å². The maximum Gasteiger partial charge on any atom is 0.256 e. The highest BCUT2D eigenvalue weighted by atomic mass is 16.5. The first-order valence-corrected chi connectivity index (χ1v) is 11.4. The lowest BCUT2D eigenvalue weighted by atomic mass is 9.97. The minimum Gasteiger partial charge on any atom is -0.492 e. The molecule has 164 valence electrons. The van der Waals surface area contributed by atoms with E-state index >= 15 is 0 Å². The van der Waals surface area contributed by atoms with Crippen molar-refractivity contribution in [3.8, 4) is 5.75 Å². The molecule has 29 heavy (non-hydrogen) atoms. The van der Waals surface area contributed by atoms with Gasteiger partial charge in [-0.2, -0.15) is 0 Å². The van der Waals surface area contributed by atoms with Crippen molar-refractivity contribution in [2.75, 3.05) is 38.2 Å². The Morgan fingerprint density at radius 1 is 1.21 bits per heavy atom. The van der Waals surface area contributed by atoms with Gasteiger partial charge in [0.05, 0.1) is 0 Å². The van der Waals surface area contributed by atoms with Crippen molar-refractivity contribution in [1.82, 2.24) is 4.90 Å². The highest BCUT2D eigenvalue weighted by Gasteiger charge is 2.33. The molecule has 1 aromatic rings. The molecule has 1 aliphatic rings. The molecule has 0 unspecified atom stereocenters. The normalized spacial score (nSPS) is 19.5. The predicted octanol–water partition coefficient (Wildman–Crippen LogP) is 5.11. The van der Waals surface area contributed by atoms with Gasteiger partial charge in [0, 0.05) is 25.4 Å². The summed E-state index contributed by atoms with van der Waals surface area (Å²) < 4.78 is 11.8. The van der Waals surface area contributed by atoms with Gasteiger partial charge in [-0.15, -0.1) is 0 Å². The summed E-state index contributed by atoms with van der Waals surface area (Å²) in [6.45, 7) is 13.0. The molecule has 1 heterocycles. The van der Waals surface area contributed by atoms with Crippen LogP contribution < -0.4 is 10.1 Å². The summed E-state index contributed by atoms with van der Waals surface area (Å²) in [6.07, 6.45) is 6.26. The van der Waals surface area contributed by atoms with Crippen LogP contribution in [0.25, 0.3) is 0 Å². The van der Waals surface area contributed by atoms with Gasteiger partial charge in [-0.25, -0.2) is 0 Å². The van der Waals surface area contributed by atoms with E-state index in [2.05, 4.69) is 31.0 Å². The first-order chi connectivity index (χ1) is 14.0. The zero-order chi connectivity index (χ0) is 21.1. The Hall–Kier alpha value is -1.59. The molecule has 0 aliphatic carbocycles.